The van der Waals surface area contributed by atoms with E-state index in [0.717, 1.165) is 12.6 Å². The van der Waals surface area contributed by atoms with E-state index in [0.29, 0.717) is 12.1 Å². The van der Waals surface area contributed by atoms with Crippen LogP contribution in [-0.4, -0.2) is 61.3 Å². The van der Waals surface area contributed by atoms with Crippen molar-refractivity contribution in [3.63, 3.8) is 0 Å². The molecule has 0 aromatic rings. The maximum Gasteiger partial charge on any atom is 0.0710 e. The number of rotatable bonds is 3. The Morgan fingerprint density at radius 1 is 1.06 bits per heavy atom. The van der Waals surface area contributed by atoms with Gasteiger partial charge in [-0.1, -0.05) is 0 Å². The number of hydrogen-bond acceptors (Lipinski definition) is 3. The molecule has 0 aromatic carbocycles. The van der Waals surface area contributed by atoms with Gasteiger partial charge in [-0.05, 0) is 46.2 Å². The summed E-state index contributed by atoms with van der Waals surface area (Å²) in [7, 11) is 1.84. The first-order chi connectivity index (χ1) is 7.70. The topological polar surface area (TPSA) is 15.7 Å². The maximum atomic E-state index is 5.44. The van der Waals surface area contributed by atoms with Gasteiger partial charge < -0.3 is 9.64 Å². The van der Waals surface area contributed by atoms with E-state index in [2.05, 4.69) is 23.6 Å². The zero-order valence-corrected chi connectivity index (χ0v) is 11.0. The molecule has 2 fully saturated rings. The highest BCUT2D eigenvalue weighted by atomic mass is 16.5. The molecule has 0 spiro atoms. The van der Waals surface area contributed by atoms with Gasteiger partial charge in [0.05, 0.1) is 6.10 Å². The van der Waals surface area contributed by atoms with Gasteiger partial charge in [0.15, 0.2) is 0 Å². The van der Waals surface area contributed by atoms with Crippen LogP contribution in [-0.2, 0) is 4.74 Å². The van der Waals surface area contributed by atoms with Gasteiger partial charge in [-0.15, -0.1) is 0 Å². The van der Waals surface area contributed by atoms with Crippen LogP contribution in [0.3, 0.4) is 0 Å². The number of ether oxygens (including phenoxy) is 1. The Bertz CT molecular complexity index is 212. The Morgan fingerprint density at radius 3 is 2.25 bits per heavy atom. The van der Waals surface area contributed by atoms with Crippen LogP contribution in [0.4, 0.5) is 0 Å². The van der Waals surface area contributed by atoms with Gasteiger partial charge in [-0.3, -0.25) is 4.90 Å². The third-order valence-electron chi connectivity index (χ3n) is 4.26. The summed E-state index contributed by atoms with van der Waals surface area (Å²) in [6, 6.07) is 1.53. The van der Waals surface area contributed by atoms with Crippen molar-refractivity contribution in [1.82, 2.24) is 9.80 Å². The minimum Gasteiger partial charge on any atom is -0.380 e. The fourth-order valence-corrected chi connectivity index (χ4v) is 3.05. The van der Waals surface area contributed by atoms with E-state index in [1.54, 1.807) is 0 Å². The van der Waals surface area contributed by atoms with Crippen LogP contribution < -0.4 is 0 Å². The molecule has 3 nitrogen and oxygen atoms in total. The van der Waals surface area contributed by atoms with Gasteiger partial charge in [0.1, 0.15) is 0 Å². The van der Waals surface area contributed by atoms with E-state index in [9.17, 15) is 0 Å². The van der Waals surface area contributed by atoms with Crippen molar-refractivity contribution in [3.8, 4) is 0 Å². The van der Waals surface area contributed by atoms with E-state index in [1.807, 2.05) is 7.11 Å². The molecular weight excluding hydrogens is 200 g/mol. The van der Waals surface area contributed by atoms with Crippen LogP contribution in [0.15, 0.2) is 0 Å². The third-order valence-corrected chi connectivity index (χ3v) is 4.26. The summed E-state index contributed by atoms with van der Waals surface area (Å²) in [4.78, 5) is 5.24. The van der Waals surface area contributed by atoms with Crippen LogP contribution in [0.1, 0.15) is 33.1 Å². The molecule has 2 aliphatic heterocycles. The normalized spacial score (nSPS) is 30.4. The van der Waals surface area contributed by atoms with Crippen molar-refractivity contribution in [2.45, 2.75) is 51.3 Å². The second kappa shape index (κ2) is 5.48. The molecular formula is C13H26N2O. The number of piperidine rings is 1. The van der Waals surface area contributed by atoms with Crippen LogP contribution >= 0.6 is 0 Å². The molecule has 0 bridgehead atoms. The van der Waals surface area contributed by atoms with Crippen molar-refractivity contribution < 1.29 is 4.74 Å². The number of nitrogens with zero attached hydrogens (tertiary/aromatic N) is 2. The monoisotopic (exact) mass is 226 g/mol. The van der Waals surface area contributed by atoms with Gasteiger partial charge in [0.2, 0.25) is 0 Å². The molecule has 16 heavy (non-hydrogen) atoms. The molecule has 0 saturated carbocycles. The first-order valence-electron chi connectivity index (χ1n) is 6.71. The molecule has 0 aromatic heterocycles. The predicted octanol–water partition coefficient (Wildman–Crippen LogP) is 1.58. The van der Waals surface area contributed by atoms with Gasteiger partial charge in [0.25, 0.3) is 0 Å². The average Bonchev–Trinajstić information content (AvgIpc) is 2.77. The Morgan fingerprint density at radius 2 is 1.75 bits per heavy atom. The lowest BCUT2D eigenvalue weighted by molar-refractivity contribution is 0.0774. The highest BCUT2D eigenvalue weighted by Crippen LogP contribution is 2.23. The van der Waals surface area contributed by atoms with Crippen LogP contribution in [0, 0.1) is 0 Å². The average molecular weight is 226 g/mol. The quantitative estimate of drug-likeness (QED) is 0.726. The van der Waals surface area contributed by atoms with Crippen molar-refractivity contribution in [2.24, 2.45) is 0 Å². The molecule has 1 unspecified atom stereocenters. The molecule has 0 aliphatic carbocycles. The van der Waals surface area contributed by atoms with Crippen molar-refractivity contribution in [2.75, 3.05) is 33.3 Å². The Hall–Kier alpha value is -0.120. The molecule has 0 N–H and O–H groups in total. The van der Waals surface area contributed by atoms with Gasteiger partial charge in [-0.2, -0.15) is 0 Å². The molecule has 2 saturated heterocycles. The van der Waals surface area contributed by atoms with Crippen molar-refractivity contribution in [3.05, 3.63) is 0 Å². The van der Waals surface area contributed by atoms with E-state index in [-0.39, 0.29) is 0 Å². The molecule has 2 rings (SSSR count). The fourth-order valence-electron chi connectivity index (χ4n) is 3.05. The Kier molecular flexibility index (Phi) is 4.22. The summed E-state index contributed by atoms with van der Waals surface area (Å²) in [5.41, 5.74) is 0. The zero-order valence-electron chi connectivity index (χ0n) is 11.0. The second-order valence-electron chi connectivity index (χ2n) is 5.50. The van der Waals surface area contributed by atoms with Gasteiger partial charge in [-0.25, -0.2) is 0 Å². The van der Waals surface area contributed by atoms with E-state index in [4.69, 9.17) is 4.74 Å². The fraction of sp³-hybridized carbons (Fsp3) is 1.00. The van der Waals surface area contributed by atoms with Gasteiger partial charge in [0, 0.05) is 32.3 Å². The van der Waals surface area contributed by atoms with Crippen LogP contribution in [0.5, 0.6) is 0 Å². The lowest BCUT2D eigenvalue weighted by Gasteiger charge is -2.38. The summed E-state index contributed by atoms with van der Waals surface area (Å²) < 4.78 is 5.44. The summed E-state index contributed by atoms with van der Waals surface area (Å²) in [6.07, 6.45) is 4.40. The summed E-state index contributed by atoms with van der Waals surface area (Å²) >= 11 is 0. The summed E-state index contributed by atoms with van der Waals surface area (Å²) in [6.45, 7) is 9.55. The second-order valence-corrected chi connectivity index (χ2v) is 5.50. The SMILES string of the molecule is COC1CCN(C2CCN(C(C)C)CC2)C1. The molecule has 94 valence electrons. The summed E-state index contributed by atoms with van der Waals surface area (Å²) in [5.74, 6) is 0. The molecule has 1 atom stereocenters. The largest absolute Gasteiger partial charge is 0.380 e. The van der Waals surface area contributed by atoms with Crippen LogP contribution in [0.2, 0.25) is 0 Å². The minimum absolute atomic E-state index is 0.489. The zero-order chi connectivity index (χ0) is 11.5. The van der Waals surface area contributed by atoms with Crippen molar-refractivity contribution in [1.29, 1.82) is 0 Å². The molecule has 2 aliphatic rings. The summed E-state index contributed by atoms with van der Waals surface area (Å²) in [5, 5.41) is 0. The minimum atomic E-state index is 0.489. The van der Waals surface area contributed by atoms with E-state index >= 15 is 0 Å². The predicted molar refractivity (Wildman–Crippen MR) is 66.7 cm³/mol. The number of likely N-dealkylation sites (tertiary alicyclic amines) is 2. The molecule has 0 amide bonds. The number of methoxy groups -OCH3 is 1. The highest BCUT2D eigenvalue weighted by Gasteiger charge is 2.30. The van der Waals surface area contributed by atoms with Gasteiger partial charge >= 0.3 is 0 Å². The molecule has 2 heterocycles. The van der Waals surface area contributed by atoms with Crippen molar-refractivity contribution >= 4 is 0 Å². The maximum absolute atomic E-state index is 5.44. The number of hydrogen-bond donors (Lipinski definition) is 0. The Balaban J connectivity index is 1.77. The third kappa shape index (κ3) is 2.76. The van der Waals surface area contributed by atoms with E-state index < -0.39 is 0 Å². The van der Waals surface area contributed by atoms with E-state index in [1.165, 1.54) is 38.9 Å². The molecule has 3 heteroatoms. The Labute approximate surface area is 99.7 Å². The lowest BCUT2D eigenvalue weighted by Crippen LogP contribution is -2.46. The lowest BCUT2D eigenvalue weighted by atomic mass is 10.0. The standard InChI is InChI=1S/C13H26N2O/c1-11(2)14-7-4-12(5-8-14)15-9-6-13(10-15)16-3/h11-13H,4-10H2,1-3H3. The first kappa shape index (κ1) is 12.3. The molecule has 0 radical (unpaired) electrons. The smallest absolute Gasteiger partial charge is 0.0710 e. The highest BCUT2D eigenvalue weighted by molar-refractivity contribution is 4.86. The van der Waals surface area contributed by atoms with Crippen LogP contribution in [0.25, 0.3) is 0 Å². The first-order valence-corrected chi connectivity index (χ1v) is 6.71.